The van der Waals surface area contributed by atoms with E-state index in [1.54, 1.807) is 23.9 Å². The Morgan fingerprint density at radius 2 is 1.82 bits per heavy atom. The van der Waals surface area contributed by atoms with Gasteiger partial charge in [0.05, 0.1) is 31.6 Å². The Hall–Kier alpha value is -3.56. The van der Waals surface area contributed by atoms with E-state index in [2.05, 4.69) is 10.1 Å². The van der Waals surface area contributed by atoms with Gasteiger partial charge in [-0.2, -0.15) is 5.10 Å². The molecule has 5 rings (SSSR count). The third-order valence-corrected chi connectivity index (χ3v) is 6.63. The molecular weight excluding hydrogens is 449 g/mol. The average molecular weight is 472 g/mol. The molecule has 4 heterocycles. The Balaban J connectivity index is 1.56. The third-order valence-electron chi connectivity index (χ3n) is 6.63. The number of fused-ring (bicyclic) bond motifs is 4. The summed E-state index contributed by atoms with van der Waals surface area (Å²) < 4.78 is 53.5. The van der Waals surface area contributed by atoms with Crippen molar-refractivity contribution in [2.45, 2.75) is 37.8 Å². The molecule has 2 atom stereocenters. The fourth-order valence-corrected chi connectivity index (χ4v) is 5.18. The average Bonchev–Trinajstić information content (AvgIpc) is 3.16. The summed E-state index contributed by atoms with van der Waals surface area (Å²) in [5, 5.41) is 4.64. The van der Waals surface area contributed by atoms with Crippen molar-refractivity contribution in [3.63, 3.8) is 0 Å². The molecule has 0 unspecified atom stereocenters. The first-order valence-electron chi connectivity index (χ1n) is 11.0. The first-order valence-corrected chi connectivity index (χ1v) is 11.0. The molecule has 34 heavy (non-hydrogen) atoms. The zero-order valence-electron chi connectivity index (χ0n) is 18.9. The lowest BCUT2D eigenvalue weighted by molar-refractivity contribution is 0.0385. The zero-order chi connectivity index (χ0) is 24.1. The number of hydrogen-bond donors (Lipinski definition) is 0. The molecular formula is C24H23F3N4O3. The number of nitrogens with zero attached hydrogens (tertiary/aromatic N) is 4. The van der Waals surface area contributed by atoms with E-state index in [4.69, 9.17) is 9.47 Å². The van der Waals surface area contributed by atoms with Crippen molar-refractivity contribution in [1.29, 1.82) is 0 Å². The van der Waals surface area contributed by atoms with E-state index in [-0.39, 0.29) is 35.1 Å². The molecule has 2 bridgehead atoms. The van der Waals surface area contributed by atoms with Crippen molar-refractivity contribution in [1.82, 2.24) is 19.7 Å². The standard InChI is InChI=1S/C24H23F3N4O3/c1-30-22(12-9-15(25)20(27)16(26)10-12)14-11-13-5-4-6-18(21(14)29-30)31(13)24(32)17-7-8-19(33-2)23(28-17)34-3/h7-10,13,18H,4-6,11H2,1-3H3/t13-,18+/m1/s1. The van der Waals surface area contributed by atoms with Crippen LogP contribution in [0.4, 0.5) is 13.2 Å². The van der Waals surface area contributed by atoms with Crippen molar-refractivity contribution in [3.05, 3.63) is 58.7 Å². The van der Waals surface area contributed by atoms with Crippen LogP contribution in [0.2, 0.25) is 0 Å². The molecule has 10 heteroatoms. The van der Waals surface area contributed by atoms with Gasteiger partial charge in [0.25, 0.3) is 11.8 Å². The number of hydrogen-bond acceptors (Lipinski definition) is 5. The van der Waals surface area contributed by atoms with E-state index in [1.165, 1.54) is 14.2 Å². The summed E-state index contributed by atoms with van der Waals surface area (Å²) in [6.45, 7) is 0. The predicted molar refractivity (Wildman–Crippen MR) is 116 cm³/mol. The van der Waals surface area contributed by atoms with Gasteiger partial charge in [-0.3, -0.25) is 9.48 Å². The summed E-state index contributed by atoms with van der Waals surface area (Å²) in [6, 6.07) is 4.77. The second-order valence-electron chi connectivity index (χ2n) is 8.51. The second kappa shape index (κ2) is 8.34. The summed E-state index contributed by atoms with van der Waals surface area (Å²) in [5.74, 6) is -3.61. The number of carbonyl (C=O) groups is 1. The molecule has 2 aliphatic heterocycles. The predicted octanol–water partition coefficient (Wildman–Crippen LogP) is 4.21. The molecule has 0 spiro atoms. The van der Waals surface area contributed by atoms with E-state index in [1.807, 2.05) is 4.90 Å². The maximum Gasteiger partial charge on any atom is 0.273 e. The Morgan fingerprint density at radius 3 is 2.50 bits per heavy atom. The molecule has 3 aromatic rings. The van der Waals surface area contributed by atoms with Crippen LogP contribution in [0.25, 0.3) is 11.3 Å². The largest absolute Gasteiger partial charge is 0.491 e. The van der Waals surface area contributed by atoms with Crippen LogP contribution in [0.15, 0.2) is 24.3 Å². The smallest absolute Gasteiger partial charge is 0.273 e. The zero-order valence-corrected chi connectivity index (χ0v) is 18.9. The van der Waals surface area contributed by atoms with Gasteiger partial charge in [0.2, 0.25) is 0 Å². The van der Waals surface area contributed by atoms with Gasteiger partial charge >= 0.3 is 0 Å². The van der Waals surface area contributed by atoms with Gasteiger partial charge in [0, 0.05) is 24.2 Å². The number of methoxy groups -OCH3 is 2. The SMILES string of the molecule is COc1ccc(C(=O)N2[C@@H]3CCC[C@H]2c2nn(C)c(-c4cc(F)c(F)c(F)c4)c2C3)nc1OC. The minimum atomic E-state index is -1.50. The summed E-state index contributed by atoms with van der Waals surface area (Å²) in [7, 11) is 4.63. The quantitative estimate of drug-likeness (QED) is 0.532. The number of piperidine rings is 1. The van der Waals surface area contributed by atoms with E-state index < -0.39 is 17.5 Å². The van der Waals surface area contributed by atoms with Crippen LogP contribution in [-0.4, -0.2) is 45.8 Å². The van der Waals surface area contributed by atoms with Gasteiger partial charge in [-0.1, -0.05) is 0 Å². The highest BCUT2D eigenvalue weighted by Crippen LogP contribution is 2.45. The van der Waals surface area contributed by atoms with Crippen LogP contribution < -0.4 is 9.47 Å². The fraction of sp³-hybridized carbons (Fsp3) is 0.375. The molecule has 178 valence electrons. The van der Waals surface area contributed by atoms with Crippen molar-refractivity contribution in [3.8, 4) is 22.9 Å². The monoisotopic (exact) mass is 472 g/mol. The van der Waals surface area contributed by atoms with Gasteiger partial charge in [0.1, 0.15) is 5.69 Å². The number of halogens is 3. The maximum atomic E-state index is 14.0. The van der Waals surface area contributed by atoms with Crippen LogP contribution in [0.3, 0.4) is 0 Å². The first kappa shape index (κ1) is 22.2. The minimum absolute atomic E-state index is 0.133. The van der Waals surface area contributed by atoms with Crippen LogP contribution in [0.1, 0.15) is 47.1 Å². The molecule has 0 saturated carbocycles. The maximum absolute atomic E-state index is 14.0. The highest BCUT2D eigenvalue weighted by atomic mass is 19.2. The first-order chi connectivity index (χ1) is 16.3. The Labute approximate surface area is 194 Å². The Morgan fingerprint density at radius 1 is 1.09 bits per heavy atom. The van der Waals surface area contributed by atoms with Crippen molar-refractivity contribution < 1.29 is 27.4 Å². The summed E-state index contributed by atoms with van der Waals surface area (Å²) in [5.41, 5.74) is 2.49. The molecule has 2 aliphatic rings. The second-order valence-corrected chi connectivity index (χ2v) is 8.51. The van der Waals surface area contributed by atoms with E-state index in [0.29, 0.717) is 30.0 Å². The van der Waals surface area contributed by atoms with Crippen molar-refractivity contribution in [2.24, 2.45) is 7.05 Å². The number of benzene rings is 1. The molecule has 0 aliphatic carbocycles. The number of rotatable bonds is 4. The van der Waals surface area contributed by atoms with E-state index >= 15 is 0 Å². The normalized spacial score (nSPS) is 19.1. The lowest BCUT2D eigenvalue weighted by Crippen LogP contribution is -2.50. The number of pyridine rings is 1. The summed E-state index contributed by atoms with van der Waals surface area (Å²) in [4.78, 5) is 19.7. The lowest BCUT2D eigenvalue weighted by atomic mass is 9.81. The van der Waals surface area contributed by atoms with Crippen molar-refractivity contribution in [2.75, 3.05) is 14.2 Å². The highest BCUT2D eigenvalue weighted by molar-refractivity contribution is 5.93. The minimum Gasteiger partial charge on any atom is -0.491 e. The Kier molecular flexibility index (Phi) is 5.45. The third kappa shape index (κ3) is 3.39. The number of amides is 1. The van der Waals surface area contributed by atoms with E-state index in [0.717, 1.165) is 30.5 Å². The van der Waals surface area contributed by atoms with Gasteiger partial charge in [0.15, 0.2) is 23.2 Å². The molecule has 7 nitrogen and oxygen atoms in total. The molecule has 1 saturated heterocycles. The Bertz CT molecular complexity index is 1270. The molecule has 1 amide bonds. The van der Waals surface area contributed by atoms with Crippen LogP contribution in [0.5, 0.6) is 11.6 Å². The highest BCUT2D eigenvalue weighted by Gasteiger charge is 2.44. The number of carbonyl (C=O) groups excluding carboxylic acids is 1. The number of aromatic nitrogens is 3. The van der Waals surface area contributed by atoms with Gasteiger partial charge in [-0.05, 0) is 49.9 Å². The van der Waals surface area contributed by atoms with Crippen molar-refractivity contribution >= 4 is 5.91 Å². The lowest BCUT2D eigenvalue weighted by Gasteiger charge is -2.45. The van der Waals surface area contributed by atoms with Crippen LogP contribution in [-0.2, 0) is 13.5 Å². The molecule has 2 aromatic heterocycles. The van der Waals surface area contributed by atoms with E-state index in [9.17, 15) is 18.0 Å². The summed E-state index contributed by atoms with van der Waals surface area (Å²) in [6.07, 6.45) is 2.86. The number of aryl methyl sites for hydroxylation is 1. The topological polar surface area (TPSA) is 69.5 Å². The molecule has 0 radical (unpaired) electrons. The van der Waals surface area contributed by atoms with Gasteiger partial charge in [-0.25, -0.2) is 18.2 Å². The molecule has 0 N–H and O–H groups in total. The van der Waals surface area contributed by atoms with Gasteiger partial charge in [-0.15, -0.1) is 0 Å². The molecule has 1 fully saturated rings. The fourth-order valence-electron chi connectivity index (χ4n) is 5.18. The summed E-state index contributed by atoms with van der Waals surface area (Å²) >= 11 is 0. The van der Waals surface area contributed by atoms with Gasteiger partial charge < -0.3 is 14.4 Å². The van der Waals surface area contributed by atoms with Crippen LogP contribution in [0, 0.1) is 17.5 Å². The van der Waals surface area contributed by atoms with Crippen LogP contribution >= 0.6 is 0 Å². The molecule has 1 aromatic carbocycles. The number of ether oxygens (including phenoxy) is 2.